The Labute approximate surface area is 160 Å². The van der Waals surface area contributed by atoms with E-state index in [1.165, 1.54) is 12.8 Å². The fourth-order valence-electron chi connectivity index (χ4n) is 3.51. The van der Waals surface area contributed by atoms with Crippen LogP contribution < -0.4 is 10.6 Å². The predicted molar refractivity (Wildman–Crippen MR) is 107 cm³/mol. The molecule has 1 aromatic heterocycles. The van der Waals surface area contributed by atoms with Crippen molar-refractivity contribution in [3.63, 3.8) is 0 Å². The minimum Gasteiger partial charge on any atom is -0.348 e. The molecule has 0 saturated heterocycles. The van der Waals surface area contributed by atoms with Crippen molar-refractivity contribution >= 4 is 17.5 Å². The number of hydrogen-bond acceptors (Lipinski definition) is 3. The number of para-hydroxylation sites is 1. The Morgan fingerprint density at radius 2 is 1.59 bits per heavy atom. The zero-order valence-corrected chi connectivity index (χ0v) is 15.8. The number of amides is 2. The molecule has 1 aromatic carbocycles. The molecule has 27 heavy (non-hydrogen) atoms. The zero-order valence-electron chi connectivity index (χ0n) is 15.8. The van der Waals surface area contributed by atoms with E-state index in [1.54, 1.807) is 18.2 Å². The third-order valence-electron chi connectivity index (χ3n) is 5.05. The number of rotatable bonds is 5. The smallest absolute Gasteiger partial charge is 0.274 e. The maximum absolute atomic E-state index is 12.6. The minimum atomic E-state index is -0.306. The molecule has 1 heterocycles. The largest absolute Gasteiger partial charge is 0.348 e. The van der Waals surface area contributed by atoms with E-state index in [9.17, 15) is 9.59 Å². The van der Waals surface area contributed by atoms with E-state index in [-0.39, 0.29) is 29.2 Å². The van der Waals surface area contributed by atoms with Crippen molar-refractivity contribution < 1.29 is 9.59 Å². The lowest BCUT2D eigenvalue weighted by atomic mass is 10.1. The summed E-state index contributed by atoms with van der Waals surface area (Å²) in [7, 11) is 0. The summed E-state index contributed by atoms with van der Waals surface area (Å²) in [6.45, 7) is 2.04. The molecule has 0 atom stereocenters. The fourth-order valence-corrected chi connectivity index (χ4v) is 3.51. The van der Waals surface area contributed by atoms with Gasteiger partial charge in [-0.25, -0.2) is 4.98 Å². The van der Waals surface area contributed by atoms with Gasteiger partial charge in [-0.3, -0.25) is 9.59 Å². The van der Waals surface area contributed by atoms with Gasteiger partial charge < -0.3 is 10.6 Å². The molecule has 2 N–H and O–H groups in total. The maximum Gasteiger partial charge on any atom is 0.274 e. The van der Waals surface area contributed by atoms with Crippen LogP contribution in [0.1, 0.15) is 72.0 Å². The van der Waals surface area contributed by atoms with Gasteiger partial charge in [0.05, 0.1) is 0 Å². The van der Waals surface area contributed by atoms with Crippen LogP contribution in [-0.4, -0.2) is 22.8 Å². The van der Waals surface area contributed by atoms with Crippen LogP contribution in [0.5, 0.6) is 0 Å². The summed E-state index contributed by atoms with van der Waals surface area (Å²) in [4.78, 5) is 29.4. The molecule has 0 radical (unpaired) electrons. The Kier molecular flexibility index (Phi) is 6.58. The standard InChI is InChI=1S/C22H27N3O2/c1-2-16-10-7-8-13-18(16)25-22(27)20-15-9-14-19(24-20)21(26)23-17-11-5-3-4-6-12-17/h7-10,13-15,17H,2-6,11-12H2,1H3,(H,23,26)(H,25,27). The predicted octanol–water partition coefficient (Wildman–Crippen LogP) is 4.35. The number of carbonyl (C=O) groups is 2. The molecule has 0 aliphatic heterocycles. The van der Waals surface area contributed by atoms with Crippen molar-refractivity contribution in [2.24, 2.45) is 0 Å². The normalized spacial score (nSPS) is 15.0. The number of aryl methyl sites for hydroxylation is 1. The molecule has 1 aliphatic rings. The van der Waals surface area contributed by atoms with Gasteiger partial charge in [0.25, 0.3) is 11.8 Å². The Morgan fingerprint density at radius 3 is 2.30 bits per heavy atom. The summed E-state index contributed by atoms with van der Waals surface area (Å²) < 4.78 is 0. The van der Waals surface area contributed by atoms with E-state index in [0.29, 0.717) is 0 Å². The van der Waals surface area contributed by atoms with E-state index in [1.807, 2.05) is 31.2 Å². The lowest BCUT2D eigenvalue weighted by Gasteiger charge is -2.16. The number of carbonyl (C=O) groups excluding carboxylic acids is 2. The third-order valence-corrected chi connectivity index (χ3v) is 5.05. The van der Waals surface area contributed by atoms with Crippen LogP contribution in [0, 0.1) is 0 Å². The Balaban J connectivity index is 1.68. The monoisotopic (exact) mass is 365 g/mol. The van der Waals surface area contributed by atoms with Gasteiger partial charge in [0.15, 0.2) is 0 Å². The molecule has 0 bridgehead atoms. The van der Waals surface area contributed by atoms with E-state index in [0.717, 1.165) is 43.4 Å². The molecule has 3 rings (SSSR count). The summed E-state index contributed by atoms with van der Waals surface area (Å²) in [6.07, 6.45) is 7.63. The zero-order chi connectivity index (χ0) is 19.1. The van der Waals surface area contributed by atoms with Crippen LogP contribution >= 0.6 is 0 Å². The van der Waals surface area contributed by atoms with Gasteiger partial charge in [0.2, 0.25) is 0 Å². The van der Waals surface area contributed by atoms with Gasteiger partial charge in [0.1, 0.15) is 11.4 Å². The Bertz CT molecular complexity index is 796. The highest BCUT2D eigenvalue weighted by Crippen LogP contribution is 2.18. The van der Waals surface area contributed by atoms with Crippen molar-refractivity contribution in [3.8, 4) is 0 Å². The van der Waals surface area contributed by atoms with E-state index in [2.05, 4.69) is 15.6 Å². The first-order valence-electron chi connectivity index (χ1n) is 9.84. The highest BCUT2D eigenvalue weighted by atomic mass is 16.2. The fraction of sp³-hybridized carbons (Fsp3) is 0.409. The van der Waals surface area contributed by atoms with Gasteiger partial charge in [-0.1, -0.05) is 56.9 Å². The molecule has 1 fully saturated rings. The first-order valence-corrected chi connectivity index (χ1v) is 9.84. The lowest BCUT2D eigenvalue weighted by Crippen LogP contribution is -2.35. The molecule has 1 aliphatic carbocycles. The molecule has 2 aromatic rings. The molecule has 0 spiro atoms. The second kappa shape index (κ2) is 9.31. The minimum absolute atomic E-state index is 0.203. The molecule has 5 nitrogen and oxygen atoms in total. The van der Waals surface area contributed by atoms with Crippen LogP contribution in [0.4, 0.5) is 5.69 Å². The summed E-state index contributed by atoms with van der Waals surface area (Å²) in [5.74, 6) is -0.509. The molecule has 0 unspecified atom stereocenters. The van der Waals surface area contributed by atoms with Gasteiger partial charge in [-0.2, -0.15) is 0 Å². The summed E-state index contributed by atoms with van der Waals surface area (Å²) in [5.41, 5.74) is 2.37. The van der Waals surface area contributed by atoms with Gasteiger partial charge in [-0.05, 0) is 43.0 Å². The second-order valence-electron chi connectivity index (χ2n) is 7.03. The average molecular weight is 365 g/mol. The van der Waals surface area contributed by atoms with Crippen molar-refractivity contribution in [1.82, 2.24) is 10.3 Å². The van der Waals surface area contributed by atoms with Crippen LogP contribution in [0.2, 0.25) is 0 Å². The molecule has 2 amide bonds. The van der Waals surface area contributed by atoms with Crippen molar-refractivity contribution in [2.75, 3.05) is 5.32 Å². The van der Waals surface area contributed by atoms with Crippen LogP contribution in [0.3, 0.4) is 0 Å². The molecular formula is C22H27N3O2. The van der Waals surface area contributed by atoms with E-state index >= 15 is 0 Å². The maximum atomic E-state index is 12.6. The first kappa shape index (κ1) is 19.1. The number of nitrogens with one attached hydrogen (secondary N) is 2. The van der Waals surface area contributed by atoms with Crippen molar-refractivity contribution in [3.05, 3.63) is 59.4 Å². The number of pyridine rings is 1. The van der Waals surface area contributed by atoms with Gasteiger partial charge in [-0.15, -0.1) is 0 Å². The number of aromatic nitrogens is 1. The highest BCUT2D eigenvalue weighted by molar-refractivity contribution is 6.04. The topological polar surface area (TPSA) is 71.1 Å². The van der Waals surface area contributed by atoms with Crippen molar-refractivity contribution in [2.45, 2.75) is 57.9 Å². The van der Waals surface area contributed by atoms with Gasteiger partial charge >= 0.3 is 0 Å². The summed E-state index contributed by atoms with van der Waals surface area (Å²) in [6, 6.07) is 12.9. The number of nitrogens with zero attached hydrogens (tertiary/aromatic N) is 1. The van der Waals surface area contributed by atoms with Crippen LogP contribution in [0.15, 0.2) is 42.5 Å². The third kappa shape index (κ3) is 5.16. The molecule has 5 heteroatoms. The Hall–Kier alpha value is -2.69. The number of hydrogen-bond donors (Lipinski definition) is 2. The second-order valence-corrected chi connectivity index (χ2v) is 7.03. The van der Waals surface area contributed by atoms with Crippen molar-refractivity contribution in [1.29, 1.82) is 0 Å². The lowest BCUT2D eigenvalue weighted by molar-refractivity contribution is 0.0928. The first-order chi connectivity index (χ1) is 13.2. The molecule has 142 valence electrons. The average Bonchev–Trinajstić information content (AvgIpc) is 2.97. The Morgan fingerprint density at radius 1 is 0.926 bits per heavy atom. The quantitative estimate of drug-likeness (QED) is 0.774. The van der Waals surface area contributed by atoms with E-state index < -0.39 is 0 Å². The SMILES string of the molecule is CCc1ccccc1NC(=O)c1cccc(C(=O)NC2CCCCCC2)n1. The van der Waals surface area contributed by atoms with Gasteiger partial charge in [0, 0.05) is 11.7 Å². The molecule has 1 saturated carbocycles. The molecular weight excluding hydrogens is 338 g/mol. The van der Waals surface area contributed by atoms with Crippen LogP contribution in [-0.2, 0) is 6.42 Å². The number of benzene rings is 1. The van der Waals surface area contributed by atoms with E-state index in [4.69, 9.17) is 0 Å². The highest BCUT2D eigenvalue weighted by Gasteiger charge is 2.18. The summed E-state index contributed by atoms with van der Waals surface area (Å²) in [5, 5.41) is 5.98. The van der Waals surface area contributed by atoms with Crippen LogP contribution in [0.25, 0.3) is 0 Å². The summed E-state index contributed by atoms with van der Waals surface area (Å²) >= 11 is 0. The number of anilines is 1.